The van der Waals surface area contributed by atoms with Crippen LogP contribution in [0.1, 0.15) is 41.0 Å². The summed E-state index contributed by atoms with van der Waals surface area (Å²) < 4.78 is 10.5. The van der Waals surface area contributed by atoms with Crippen LogP contribution in [-0.4, -0.2) is 24.2 Å². The van der Waals surface area contributed by atoms with Gasteiger partial charge in [-0.05, 0) is 50.5 Å². The lowest BCUT2D eigenvalue weighted by Crippen LogP contribution is -2.08. The molecule has 0 saturated heterocycles. The van der Waals surface area contributed by atoms with Gasteiger partial charge < -0.3 is 14.5 Å². The molecule has 1 heterocycles. The summed E-state index contributed by atoms with van der Waals surface area (Å²) in [4.78, 5) is 15.1. The second-order valence-corrected chi connectivity index (χ2v) is 4.79. The standard InChI is InChI=1S/C17H21NO3/c1-4-20-15-8-6-13(7-9-15)10-14-11-18-12(3)16(14)17(19)21-5-2/h6-9,11,18H,4-5,10H2,1-3H3. The molecule has 4 heteroatoms. The van der Waals surface area contributed by atoms with Gasteiger partial charge in [0.25, 0.3) is 0 Å². The molecule has 2 aromatic rings. The molecule has 0 spiro atoms. The average Bonchev–Trinajstić information content (AvgIpc) is 2.82. The Kier molecular flexibility index (Phi) is 5.04. The molecule has 1 N–H and O–H groups in total. The summed E-state index contributed by atoms with van der Waals surface area (Å²) in [5, 5.41) is 0. The van der Waals surface area contributed by atoms with E-state index in [9.17, 15) is 4.79 Å². The van der Waals surface area contributed by atoms with Gasteiger partial charge in [-0.3, -0.25) is 0 Å². The fourth-order valence-corrected chi connectivity index (χ4v) is 2.30. The van der Waals surface area contributed by atoms with Crippen LogP contribution in [0.3, 0.4) is 0 Å². The molecular weight excluding hydrogens is 266 g/mol. The van der Waals surface area contributed by atoms with Crippen LogP contribution in [0.15, 0.2) is 30.5 Å². The molecule has 1 aromatic heterocycles. The second-order valence-electron chi connectivity index (χ2n) is 4.79. The summed E-state index contributed by atoms with van der Waals surface area (Å²) in [6, 6.07) is 7.93. The van der Waals surface area contributed by atoms with Gasteiger partial charge in [0, 0.05) is 11.9 Å². The number of esters is 1. The van der Waals surface area contributed by atoms with Gasteiger partial charge in [-0.1, -0.05) is 12.1 Å². The third-order valence-corrected chi connectivity index (χ3v) is 3.27. The summed E-state index contributed by atoms with van der Waals surface area (Å²) in [5.74, 6) is 0.592. The third kappa shape index (κ3) is 3.66. The van der Waals surface area contributed by atoms with Crippen molar-refractivity contribution in [2.24, 2.45) is 0 Å². The van der Waals surface area contributed by atoms with Gasteiger partial charge >= 0.3 is 5.97 Å². The van der Waals surface area contributed by atoms with E-state index in [0.717, 1.165) is 22.6 Å². The van der Waals surface area contributed by atoms with Gasteiger partial charge in [-0.25, -0.2) is 4.79 Å². The Morgan fingerprint density at radius 1 is 1.14 bits per heavy atom. The van der Waals surface area contributed by atoms with Crippen LogP contribution in [-0.2, 0) is 11.2 Å². The lowest BCUT2D eigenvalue weighted by atomic mass is 10.0. The highest BCUT2D eigenvalue weighted by molar-refractivity contribution is 5.92. The highest BCUT2D eigenvalue weighted by Crippen LogP contribution is 2.20. The van der Waals surface area contributed by atoms with Crippen molar-refractivity contribution in [1.82, 2.24) is 4.98 Å². The zero-order valence-corrected chi connectivity index (χ0v) is 12.7. The lowest BCUT2D eigenvalue weighted by Gasteiger charge is -2.07. The molecule has 0 atom stereocenters. The van der Waals surface area contributed by atoms with Gasteiger partial charge in [-0.15, -0.1) is 0 Å². The van der Waals surface area contributed by atoms with Crippen LogP contribution in [0, 0.1) is 6.92 Å². The van der Waals surface area contributed by atoms with Gasteiger partial charge in [0.1, 0.15) is 5.75 Å². The van der Waals surface area contributed by atoms with E-state index in [2.05, 4.69) is 4.98 Å². The highest BCUT2D eigenvalue weighted by atomic mass is 16.5. The first-order valence-corrected chi connectivity index (χ1v) is 7.21. The SMILES string of the molecule is CCOC(=O)c1c(Cc2ccc(OCC)cc2)c[nH]c1C. The number of aromatic nitrogens is 1. The summed E-state index contributed by atoms with van der Waals surface area (Å²) >= 11 is 0. The van der Waals surface area contributed by atoms with E-state index in [1.54, 1.807) is 0 Å². The number of carbonyl (C=O) groups excluding carboxylic acids is 1. The molecule has 0 aliphatic rings. The second kappa shape index (κ2) is 6.97. The molecule has 21 heavy (non-hydrogen) atoms. The monoisotopic (exact) mass is 287 g/mol. The summed E-state index contributed by atoms with van der Waals surface area (Å²) in [6.45, 7) is 6.69. The summed E-state index contributed by atoms with van der Waals surface area (Å²) in [6.07, 6.45) is 2.56. The number of nitrogens with one attached hydrogen (secondary N) is 1. The normalized spacial score (nSPS) is 10.4. The van der Waals surface area contributed by atoms with Gasteiger partial charge in [0.15, 0.2) is 0 Å². The lowest BCUT2D eigenvalue weighted by molar-refractivity contribution is 0.0524. The molecule has 112 valence electrons. The number of hydrogen-bond acceptors (Lipinski definition) is 3. The number of aromatic amines is 1. The highest BCUT2D eigenvalue weighted by Gasteiger charge is 2.17. The minimum atomic E-state index is -0.266. The fraction of sp³-hybridized carbons (Fsp3) is 0.353. The molecule has 2 rings (SSSR count). The molecule has 0 aliphatic carbocycles. The molecule has 4 nitrogen and oxygen atoms in total. The summed E-state index contributed by atoms with van der Waals surface area (Å²) in [5.41, 5.74) is 3.57. The largest absolute Gasteiger partial charge is 0.494 e. The van der Waals surface area contributed by atoms with E-state index in [1.807, 2.05) is 51.2 Å². The quantitative estimate of drug-likeness (QED) is 0.827. The zero-order chi connectivity index (χ0) is 15.2. The molecule has 0 bridgehead atoms. The molecule has 0 fully saturated rings. The van der Waals surface area contributed by atoms with Crippen molar-refractivity contribution in [1.29, 1.82) is 0 Å². The van der Waals surface area contributed by atoms with E-state index in [0.29, 0.717) is 25.2 Å². The van der Waals surface area contributed by atoms with E-state index in [-0.39, 0.29) is 5.97 Å². The number of rotatable bonds is 6. The molecule has 0 unspecified atom stereocenters. The Morgan fingerprint density at radius 2 is 1.86 bits per heavy atom. The van der Waals surface area contributed by atoms with E-state index in [4.69, 9.17) is 9.47 Å². The fourth-order valence-electron chi connectivity index (χ4n) is 2.30. The van der Waals surface area contributed by atoms with Crippen molar-refractivity contribution in [2.75, 3.05) is 13.2 Å². The molecule has 0 saturated carbocycles. The predicted molar refractivity (Wildman–Crippen MR) is 81.9 cm³/mol. The Hall–Kier alpha value is -2.23. The van der Waals surface area contributed by atoms with Gasteiger partial charge in [0.2, 0.25) is 0 Å². The Balaban J connectivity index is 2.17. The van der Waals surface area contributed by atoms with Crippen molar-refractivity contribution < 1.29 is 14.3 Å². The van der Waals surface area contributed by atoms with E-state index >= 15 is 0 Å². The van der Waals surface area contributed by atoms with Crippen LogP contribution < -0.4 is 4.74 Å². The first-order chi connectivity index (χ1) is 10.2. The summed E-state index contributed by atoms with van der Waals surface area (Å²) in [7, 11) is 0. The molecule has 1 aromatic carbocycles. The third-order valence-electron chi connectivity index (χ3n) is 3.27. The number of carbonyl (C=O) groups is 1. The number of aryl methyl sites for hydroxylation is 1. The van der Waals surface area contributed by atoms with Crippen LogP contribution in [0.5, 0.6) is 5.75 Å². The van der Waals surface area contributed by atoms with Crippen molar-refractivity contribution in [3.63, 3.8) is 0 Å². The van der Waals surface area contributed by atoms with Crippen LogP contribution in [0.4, 0.5) is 0 Å². The Labute approximate surface area is 125 Å². The van der Waals surface area contributed by atoms with Crippen molar-refractivity contribution in [3.8, 4) is 5.75 Å². The minimum absolute atomic E-state index is 0.266. The minimum Gasteiger partial charge on any atom is -0.494 e. The van der Waals surface area contributed by atoms with Crippen molar-refractivity contribution >= 4 is 5.97 Å². The first kappa shape index (κ1) is 15.2. The van der Waals surface area contributed by atoms with Crippen molar-refractivity contribution in [3.05, 3.63) is 52.8 Å². The molecule has 0 aliphatic heterocycles. The van der Waals surface area contributed by atoms with E-state index < -0.39 is 0 Å². The maximum absolute atomic E-state index is 12.0. The van der Waals surface area contributed by atoms with E-state index in [1.165, 1.54) is 0 Å². The average molecular weight is 287 g/mol. The van der Waals surface area contributed by atoms with Gasteiger partial charge in [-0.2, -0.15) is 0 Å². The predicted octanol–water partition coefficient (Wildman–Crippen LogP) is 3.49. The number of benzene rings is 1. The maximum atomic E-state index is 12.0. The van der Waals surface area contributed by atoms with Crippen LogP contribution in [0.2, 0.25) is 0 Å². The smallest absolute Gasteiger partial charge is 0.340 e. The van der Waals surface area contributed by atoms with Gasteiger partial charge in [0.05, 0.1) is 18.8 Å². The number of H-pyrrole nitrogens is 1. The Morgan fingerprint density at radius 3 is 2.48 bits per heavy atom. The van der Waals surface area contributed by atoms with Crippen molar-refractivity contribution in [2.45, 2.75) is 27.2 Å². The zero-order valence-electron chi connectivity index (χ0n) is 12.7. The first-order valence-electron chi connectivity index (χ1n) is 7.21. The molecule has 0 radical (unpaired) electrons. The van der Waals surface area contributed by atoms with Crippen LogP contribution in [0.25, 0.3) is 0 Å². The number of hydrogen-bond donors (Lipinski definition) is 1. The molecular formula is C17H21NO3. The topological polar surface area (TPSA) is 51.3 Å². The maximum Gasteiger partial charge on any atom is 0.340 e. The number of ether oxygens (including phenoxy) is 2. The molecule has 0 amide bonds. The van der Waals surface area contributed by atoms with Crippen LogP contribution >= 0.6 is 0 Å². The Bertz CT molecular complexity index is 599.